The molecule has 0 atom stereocenters. The van der Waals surface area contributed by atoms with Crippen LogP contribution in [0.25, 0.3) is 0 Å². The normalized spacial score (nSPS) is 16.9. The number of aliphatic hydroxyl groups is 1. The van der Waals surface area contributed by atoms with E-state index >= 15 is 0 Å². The minimum absolute atomic E-state index is 0.0307. The number of nitro benzene ring substituents is 1. The molecule has 6 heteroatoms. The lowest BCUT2D eigenvalue weighted by atomic mass is 9.91. The van der Waals surface area contributed by atoms with Gasteiger partial charge in [0.05, 0.1) is 17.1 Å². The fraction of sp³-hybridized carbons (Fsp3) is 0.538. The molecule has 1 fully saturated rings. The number of hydrogen-bond donors (Lipinski definition) is 1. The van der Waals surface area contributed by atoms with Crippen LogP contribution in [0.4, 0.5) is 11.4 Å². The van der Waals surface area contributed by atoms with Crippen molar-refractivity contribution in [2.45, 2.75) is 25.9 Å². The zero-order valence-corrected chi connectivity index (χ0v) is 11.1. The van der Waals surface area contributed by atoms with Gasteiger partial charge in [-0.05, 0) is 19.4 Å². The highest BCUT2D eigenvalue weighted by molar-refractivity contribution is 5.61. The summed E-state index contributed by atoms with van der Waals surface area (Å²) < 4.78 is 5.31. The third kappa shape index (κ3) is 2.63. The van der Waals surface area contributed by atoms with Gasteiger partial charge in [-0.25, -0.2) is 0 Å². The first kappa shape index (κ1) is 13.6. The monoisotopic (exact) mass is 266 g/mol. The topological polar surface area (TPSA) is 75.8 Å². The van der Waals surface area contributed by atoms with Crippen LogP contribution in [0.15, 0.2) is 18.2 Å². The van der Waals surface area contributed by atoms with Gasteiger partial charge in [0.2, 0.25) is 0 Å². The van der Waals surface area contributed by atoms with Crippen molar-refractivity contribution in [1.29, 1.82) is 0 Å². The molecular weight excluding hydrogens is 248 g/mol. The molecule has 1 aliphatic heterocycles. The highest BCUT2D eigenvalue weighted by atomic mass is 16.6. The van der Waals surface area contributed by atoms with E-state index in [0.717, 1.165) is 5.69 Å². The van der Waals surface area contributed by atoms with E-state index in [-0.39, 0.29) is 11.4 Å². The van der Waals surface area contributed by atoms with E-state index in [9.17, 15) is 15.2 Å². The number of benzene rings is 1. The van der Waals surface area contributed by atoms with E-state index in [4.69, 9.17) is 4.74 Å². The van der Waals surface area contributed by atoms with Gasteiger partial charge in [-0.1, -0.05) is 6.92 Å². The Labute approximate surface area is 111 Å². The maximum Gasteiger partial charge on any atom is 0.311 e. The van der Waals surface area contributed by atoms with Crippen molar-refractivity contribution in [2.75, 3.05) is 24.6 Å². The first-order valence-electron chi connectivity index (χ1n) is 6.37. The molecule has 104 valence electrons. The van der Waals surface area contributed by atoms with E-state index in [1.807, 2.05) is 11.8 Å². The Morgan fingerprint density at radius 2 is 2.16 bits per heavy atom. The molecule has 1 aliphatic rings. The first-order chi connectivity index (χ1) is 8.99. The number of rotatable bonds is 5. The predicted molar refractivity (Wildman–Crippen MR) is 71.7 cm³/mol. The highest BCUT2D eigenvalue weighted by Gasteiger charge is 2.39. The van der Waals surface area contributed by atoms with E-state index in [2.05, 4.69) is 0 Å². The molecule has 0 bridgehead atoms. The van der Waals surface area contributed by atoms with Crippen molar-refractivity contribution in [2.24, 2.45) is 0 Å². The SMILES string of the molecule is CCOc1cc(N2CC(O)(CC)C2)ccc1[N+](=O)[O-]. The third-order valence-electron chi connectivity index (χ3n) is 3.43. The van der Waals surface area contributed by atoms with Crippen LogP contribution < -0.4 is 9.64 Å². The first-order valence-corrected chi connectivity index (χ1v) is 6.37. The number of ether oxygens (including phenoxy) is 1. The second kappa shape index (κ2) is 5.05. The number of anilines is 1. The van der Waals surface area contributed by atoms with Crippen molar-refractivity contribution >= 4 is 11.4 Å². The van der Waals surface area contributed by atoms with E-state index in [1.165, 1.54) is 6.07 Å². The lowest BCUT2D eigenvalue weighted by Gasteiger charge is -2.47. The Morgan fingerprint density at radius 1 is 1.47 bits per heavy atom. The molecule has 0 aromatic heterocycles. The predicted octanol–water partition coefficient (Wildman–Crippen LogP) is 1.95. The van der Waals surface area contributed by atoms with Crippen LogP contribution in [0.3, 0.4) is 0 Å². The Hall–Kier alpha value is -1.82. The van der Waals surface area contributed by atoms with Crippen LogP contribution in [0.1, 0.15) is 20.3 Å². The lowest BCUT2D eigenvalue weighted by molar-refractivity contribution is -0.385. The van der Waals surface area contributed by atoms with Crippen LogP contribution in [0.2, 0.25) is 0 Å². The molecule has 0 aliphatic carbocycles. The molecule has 2 rings (SSSR count). The zero-order chi connectivity index (χ0) is 14.0. The van der Waals surface area contributed by atoms with E-state index < -0.39 is 10.5 Å². The van der Waals surface area contributed by atoms with Crippen LogP contribution in [0.5, 0.6) is 5.75 Å². The molecule has 1 saturated heterocycles. The molecule has 0 amide bonds. The standard InChI is InChI=1S/C13H18N2O4/c1-3-13(16)8-14(9-13)10-5-6-11(15(17)18)12(7-10)19-4-2/h5-7,16H,3-4,8-9H2,1-2H3. The van der Waals surface area contributed by atoms with Crippen molar-refractivity contribution in [3.8, 4) is 5.75 Å². The van der Waals surface area contributed by atoms with Crippen LogP contribution >= 0.6 is 0 Å². The molecule has 0 saturated carbocycles. The summed E-state index contributed by atoms with van der Waals surface area (Å²) in [5.41, 5.74) is 0.178. The average Bonchev–Trinajstić information content (AvgIpc) is 2.35. The highest BCUT2D eigenvalue weighted by Crippen LogP contribution is 2.36. The fourth-order valence-corrected chi connectivity index (χ4v) is 2.19. The van der Waals surface area contributed by atoms with Crippen molar-refractivity contribution in [3.05, 3.63) is 28.3 Å². The summed E-state index contributed by atoms with van der Waals surface area (Å²) in [7, 11) is 0. The Kier molecular flexibility index (Phi) is 3.61. The van der Waals surface area contributed by atoms with Crippen molar-refractivity contribution in [1.82, 2.24) is 0 Å². The number of nitrogens with zero attached hydrogens (tertiary/aromatic N) is 2. The molecule has 1 aromatic carbocycles. The lowest BCUT2D eigenvalue weighted by Crippen LogP contribution is -2.61. The smallest absolute Gasteiger partial charge is 0.311 e. The average molecular weight is 266 g/mol. The van der Waals surface area contributed by atoms with Crippen molar-refractivity contribution < 1.29 is 14.8 Å². The van der Waals surface area contributed by atoms with E-state index in [1.54, 1.807) is 19.1 Å². The second-order valence-corrected chi connectivity index (χ2v) is 4.78. The van der Waals surface area contributed by atoms with E-state index in [0.29, 0.717) is 26.1 Å². The maximum absolute atomic E-state index is 10.9. The Bertz CT molecular complexity index is 484. The summed E-state index contributed by atoms with van der Waals surface area (Å²) in [5, 5.41) is 20.9. The summed E-state index contributed by atoms with van der Waals surface area (Å²) in [6, 6.07) is 4.80. The molecule has 1 heterocycles. The molecule has 0 radical (unpaired) electrons. The van der Waals surface area contributed by atoms with Gasteiger partial charge >= 0.3 is 5.69 Å². The van der Waals surface area contributed by atoms with Gasteiger partial charge < -0.3 is 14.7 Å². The largest absolute Gasteiger partial charge is 0.487 e. The van der Waals surface area contributed by atoms with Crippen LogP contribution in [0, 0.1) is 10.1 Å². The fourth-order valence-electron chi connectivity index (χ4n) is 2.19. The van der Waals surface area contributed by atoms with Gasteiger partial charge in [0.1, 0.15) is 0 Å². The van der Waals surface area contributed by atoms with Gasteiger partial charge in [0.15, 0.2) is 5.75 Å². The molecule has 1 aromatic rings. The summed E-state index contributed by atoms with van der Waals surface area (Å²) >= 11 is 0. The molecule has 6 nitrogen and oxygen atoms in total. The molecule has 1 N–H and O–H groups in total. The van der Waals surface area contributed by atoms with Crippen LogP contribution in [-0.2, 0) is 0 Å². The molecule has 19 heavy (non-hydrogen) atoms. The van der Waals surface area contributed by atoms with Gasteiger partial charge in [0, 0.05) is 30.9 Å². The molecular formula is C13H18N2O4. The zero-order valence-electron chi connectivity index (χ0n) is 11.1. The van der Waals surface area contributed by atoms with Gasteiger partial charge in [-0.15, -0.1) is 0 Å². The molecule has 0 unspecified atom stereocenters. The minimum Gasteiger partial charge on any atom is -0.487 e. The van der Waals surface area contributed by atoms with Gasteiger partial charge in [0.25, 0.3) is 0 Å². The van der Waals surface area contributed by atoms with Crippen LogP contribution in [-0.4, -0.2) is 35.3 Å². The number of β-amino-alcohol motifs (C(OH)–C–C–N with tert-alkyl or cyclic N) is 1. The minimum atomic E-state index is -0.631. The summed E-state index contributed by atoms with van der Waals surface area (Å²) in [4.78, 5) is 12.4. The Balaban J connectivity index is 2.20. The second-order valence-electron chi connectivity index (χ2n) is 4.78. The quantitative estimate of drug-likeness (QED) is 0.651. The molecule has 0 spiro atoms. The summed E-state index contributed by atoms with van der Waals surface area (Å²) in [5.74, 6) is 0.275. The number of nitro groups is 1. The van der Waals surface area contributed by atoms with Gasteiger partial charge in [-0.2, -0.15) is 0 Å². The Morgan fingerprint density at radius 3 is 2.68 bits per heavy atom. The number of hydrogen-bond acceptors (Lipinski definition) is 5. The maximum atomic E-state index is 10.9. The third-order valence-corrected chi connectivity index (χ3v) is 3.43. The van der Waals surface area contributed by atoms with Gasteiger partial charge in [-0.3, -0.25) is 10.1 Å². The summed E-state index contributed by atoms with van der Waals surface area (Å²) in [6.45, 7) is 5.21. The van der Waals surface area contributed by atoms with Crippen molar-refractivity contribution in [3.63, 3.8) is 0 Å². The summed E-state index contributed by atoms with van der Waals surface area (Å²) in [6.07, 6.45) is 0.703.